The zero-order valence-electron chi connectivity index (χ0n) is 19.2. The molecule has 3 aromatic rings. The van der Waals surface area contributed by atoms with E-state index in [1.807, 2.05) is 13.0 Å². The van der Waals surface area contributed by atoms with Gasteiger partial charge in [0.05, 0.1) is 18.2 Å². The molecule has 0 atom stereocenters. The fourth-order valence-electron chi connectivity index (χ4n) is 3.12. The molecule has 8 heteroatoms. The van der Waals surface area contributed by atoms with Crippen LogP contribution in [0.3, 0.4) is 0 Å². The van der Waals surface area contributed by atoms with Gasteiger partial charge in [0.1, 0.15) is 5.75 Å². The second-order valence-electron chi connectivity index (χ2n) is 7.51. The van der Waals surface area contributed by atoms with Crippen molar-refractivity contribution in [3.8, 4) is 11.8 Å². The number of rotatable bonds is 10. The number of nitrogens with zero attached hydrogens (tertiary/aromatic N) is 1. The number of nitriles is 1. The fraction of sp³-hybridized carbons (Fsp3) is 0.185. The lowest BCUT2D eigenvalue weighted by atomic mass is 10.1. The van der Waals surface area contributed by atoms with Crippen molar-refractivity contribution in [3.63, 3.8) is 0 Å². The van der Waals surface area contributed by atoms with Crippen molar-refractivity contribution in [1.82, 2.24) is 0 Å². The number of ether oxygens (including phenoxy) is 2. The monoisotopic (exact) mass is 471 g/mol. The van der Waals surface area contributed by atoms with Crippen LogP contribution in [-0.4, -0.2) is 31.0 Å². The Hall–Kier alpha value is -4.64. The van der Waals surface area contributed by atoms with Gasteiger partial charge in [-0.05, 0) is 79.6 Å². The van der Waals surface area contributed by atoms with E-state index in [4.69, 9.17) is 14.7 Å². The second-order valence-corrected chi connectivity index (χ2v) is 7.51. The first-order valence-corrected chi connectivity index (χ1v) is 11.1. The highest BCUT2D eigenvalue weighted by Gasteiger charge is 2.10. The van der Waals surface area contributed by atoms with E-state index < -0.39 is 18.5 Å². The minimum Gasteiger partial charge on any atom is -0.494 e. The highest BCUT2D eigenvalue weighted by atomic mass is 16.5. The number of carbonyl (C=O) groups excluding carboxylic acids is 3. The van der Waals surface area contributed by atoms with Crippen LogP contribution in [0.1, 0.15) is 34.8 Å². The molecule has 0 fully saturated rings. The summed E-state index contributed by atoms with van der Waals surface area (Å²) in [5.74, 6) is -0.542. The van der Waals surface area contributed by atoms with Gasteiger partial charge in [0, 0.05) is 23.4 Å². The van der Waals surface area contributed by atoms with Gasteiger partial charge in [0.2, 0.25) is 0 Å². The van der Waals surface area contributed by atoms with Crippen molar-refractivity contribution in [2.24, 2.45) is 0 Å². The lowest BCUT2D eigenvalue weighted by Crippen LogP contribution is -2.21. The third-order valence-electron chi connectivity index (χ3n) is 4.92. The lowest BCUT2D eigenvalue weighted by molar-refractivity contribution is -0.147. The normalized spacial score (nSPS) is 10.1. The van der Waals surface area contributed by atoms with Gasteiger partial charge in [-0.3, -0.25) is 14.4 Å². The summed E-state index contributed by atoms with van der Waals surface area (Å²) in [7, 11) is 0. The van der Waals surface area contributed by atoms with Crippen LogP contribution >= 0.6 is 0 Å². The maximum atomic E-state index is 12.4. The van der Waals surface area contributed by atoms with Crippen LogP contribution in [0.4, 0.5) is 11.4 Å². The molecule has 8 nitrogen and oxygen atoms in total. The van der Waals surface area contributed by atoms with Crippen LogP contribution in [0.15, 0.2) is 72.8 Å². The molecule has 0 aliphatic heterocycles. The predicted molar refractivity (Wildman–Crippen MR) is 131 cm³/mol. The summed E-state index contributed by atoms with van der Waals surface area (Å²) in [6.45, 7) is 2.05. The molecular formula is C27H25N3O5. The Morgan fingerprint density at radius 2 is 1.49 bits per heavy atom. The molecule has 0 spiro atoms. The molecule has 3 aromatic carbocycles. The van der Waals surface area contributed by atoms with Crippen LogP contribution in [0, 0.1) is 11.3 Å². The first kappa shape index (κ1) is 25.0. The summed E-state index contributed by atoms with van der Waals surface area (Å²) in [6, 6.07) is 22.4. The lowest BCUT2D eigenvalue weighted by Gasteiger charge is -2.09. The molecule has 2 N–H and O–H groups in total. The van der Waals surface area contributed by atoms with Gasteiger partial charge in [0.15, 0.2) is 6.61 Å². The highest BCUT2D eigenvalue weighted by molar-refractivity contribution is 6.04. The number of hydrogen-bond acceptors (Lipinski definition) is 6. The molecule has 35 heavy (non-hydrogen) atoms. The van der Waals surface area contributed by atoms with E-state index in [9.17, 15) is 14.4 Å². The zero-order chi connectivity index (χ0) is 25.0. The Morgan fingerprint density at radius 1 is 0.857 bits per heavy atom. The van der Waals surface area contributed by atoms with E-state index in [1.54, 1.807) is 72.8 Å². The van der Waals surface area contributed by atoms with Crippen LogP contribution in [0.2, 0.25) is 0 Å². The average molecular weight is 472 g/mol. The summed E-state index contributed by atoms with van der Waals surface area (Å²) in [4.78, 5) is 36.4. The summed E-state index contributed by atoms with van der Waals surface area (Å²) in [5.41, 5.74) is 2.98. The first-order chi connectivity index (χ1) is 17.0. The third kappa shape index (κ3) is 8.02. The number of anilines is 2. The Balaban J connectivity index is 1.41. The standard InChI is InChI=1S/C27H25N3O5/c1-2-34-24-14-12-23(13-15-24)30-27(33)21-8-10-22(11-9-21)29-25(31)18-35-26(32)16-7-19-3-5-20(17-28)6-4-19/h3-6,8-15H,2,7,16,18H2,1H3,(H,29,31)(H,30,33). The molecule has 0 heterocycles. The fourth-order valence-corrected chi connectivity index (χ4v) is 3.12. The minimum atomic E-state index is -0.495. The molecule has 178 valence electrons. The number of benzene rings is 3. The van der Waals surface area contributed by atoms with Crippen LogP contribution in [0.5, 0.6) is 5.75 Å². The number of esters is 1. The van der Waals surface area contributed by atoms with Gasteiger partial charge in [0.25, 0.3) is 11.8 Å². The van der Waals surface area contributed by atoms with Crippen molar-refractivity contribution in [3.05, 3.63) is 89.5 Å². The Bertz CT molecular complexity index is 1200. The van der Waals surface area contributed by atoms with Gasteiger partial charge in [-0.25, -0.2) is 0 Å². The third-order valence-corrected chi connectivity index (χ3v) is 4.92. The van der Waals surface area contributed by atoms with Crippen LogP contribution in [0.25, 0.3) is 0 Å². The van der Waals surface area contributed by atoms with E-state index in [1.165, 1.54) is 0 Å². The van der Waals surface area contributed by atoms with Crippen molar-refractivity contribution in [2.45, 2.75) is 19.8 Å². The minimum absolute atomic E-state index is 0.122. The number of carbonyl (C=O) groups is 3. The molecule has 0 aliphatic carbocycles. The molecule has 2 amide bonds. The predicted octanol–water partition coefficient (Wildman–Crippen LogP) is 4.32. The molecule has 0 unspecified atom stereocenters. The van der Waals surface area contributed by atoms with Crippen LogP contribution < -0.4 is 15.4 Å². The second kappa shape index (κ2) is 12.6. The maximum absolute atomic E-state index is 12.4. The molecule has 0 bridgehead atoms. The van der Waals surface area contributed by atoms with Crippen LogP contribution in [-0.2, 0) is 20.7 Å². The van der Waals surface area contributed by atoms with Gasteiger partial charge in [-0.2, -0.15) is 5.26 Å². The summed E-state index contributed by atoms with van der Waals surface area (Å²) >= 11 is 0. The van der Waals surface area contributed by atoms with Gasteiger partial charge in [-0.1, -0.05) is 12.1 Å². The molecular weight excluding hydrogens is 446 g/mol. The number of aryl methyl sites for hydroxylation is 1. The largest absolute Gasteiger partial charge is 0.494 e. The number of amides is 2. The average Bonchev–Trinajstić information content (AvgIpc) is 2.88. The quantitative estimate of drug-likeness (QED) is 0.425. The smallest absolute Gasteiger partial charge is 0.306 e. The molecule has 0 saturated carbocycles. The van der Waals surface area contributed by atoms with E-state index >= 15 is 0 Å². The van der Waals surface area contributed by atoms with Gasteiger partial charge in [-0.15, -0.1) is 0 Å². The highest BCUT2D eigenvalue weighted by Crippen LogP contribution is 2.17. The maximum Gasteiger partial charge on any atom is 0.306 e. The summed E-state index contributed by atoms with van der Waals surface area (Å²) in [6.07, 6.45) is 0.573. The van der Waals surface area contributed by atoms with E-state index in [2.05, 4.69) is 10.6 Å². The molecule has 0 radical (unpaired) electrons. The molecule has 0 saturated heterocycles. The Labute approximate surface area is 203 Å². The van der Waals surface area contributed by atoms with Crippen molar-refractivity contribution >= 4 is 29.2 Å². The van der Waals surface area contributed by atoms with E-state index in [0.717, 1.165) is 11.3 Å². The Kier molecular flexibility index (Phi) is 8.97. The number of nitrogens with one attached hydrogen (secondary N) is 2. The zero-order valence-corrected chi connectivity index (χ0v) is 19.2. The number of hydrogen-bond donors (Lipinski definition) is 2. The van der Waals surface area contributed by atoms with Gasteiger partial charge < -0.3 is 20.1 Å². The van der Waals surface area contributed by atoms with Crippen molar-refractivity contribution in [2.75, 3.05) is 23.8 Å². The van der Waals surface area contributed by atoms with E-state index in [0.29, 0.717) is 35.5 Å². The van der Waals surface area contributed by atoms with E-state index in [-0.39, 0.29) is 12.3 Å². The first-order valence-electron chi connectivity index (χ1n) is 11.1. The molecule has 3 rings (SSSR count). The van der Waals surface area contributed by atoms with Crippen molar-refractivity contribution in [1.29, 1.82) is 5.26 Å². The van der Waals surface area contributed by atoms with Gasteiger partial charge >= 0.3 is 5.97 Å². The molecule has 0 aliphatic rings. The topological polar surface area (TPSA) is 118 Å². The summed E-state index contributed by atoms with van der Waals surface area (Å²) < 4.78 is 10.4. The van der Waals surface area contributed by atoms with Crippen molar-refractivity contribution < 1.29 is 23.9 Å². The molecule has 0 aromatic heterocycles. The SMILES string of the molecule is CCOc1ccc(NC(=O)c2ccc(NC(=O)COC(=O)CCc3ccc(C#N)cc3)cc2)cc1. The summed E-state index contributed by atoms with van der Waals surface area (Å²) in [5, 5.41) is 14.2. The Morgan fingerprint density at radius 3 is 2.11 bits per heavy atom.